The van der Waals surface area contributed by atoms with Crippen molar-refractivity contribution in [1.82, 2.24) is 15.3 Å². The van der Waals surface area contributed by atoms with E-state index in [-0.39, 0.29) is 17.9 Å². The average Bonchev–Trinajstić information content (AvgIpc) is 2.63. The smallest absolute Gasteiger partial charge is 0.223 e. The summed E-state index contributed by atoms with van der Waals surface area (Å²) in [5.41, 5.74) is 1.11. The van der Waals surface area contributed by atoms with E-state index in [1.165, 1.54) is 0 Å². The predicted molar refractivity (Wildman–Crippen MR) is 97.7 cm³/mol. The number of anilines is 1. The van der Waals surface area contributed by atoms with Gasteiger partial charge >= 0.3 is 0 Å². The quantitative estimate of drug-likeness (QED) is 0.872. The van der Waals surface area contributed by atoms with E-state index < -0.39 is 0 Å². The maximum atomic E-state index is 12.5. The topological polar surface area (TPSA) is 58.1 Å². The highest BCUT2D eigenvalue weighted by molar-refractivity contribution is 9.10. The summed E-state index contributed by atoms with van der Waals surface area (Å²) in [6, 6.07) is 8.08. The SMILES string of the molecule is CC(NC(=O)C1CCN(c2cnccn2)CC1)c1ccc(Br)cc1. The van der Waals surface area contributed by atoms with E-state index in [4.69, 9.17) is 0 Å². The molecule has 5 nitrogen and oxygen atoms in total. The normalized spacial score (nSPS) is 16.7. The molecule has 1 atom stereocenters. The van der Waals surface area contributed by atoms with Gasteiger partial charge in [0, 0.05) is 35.9 Å². The van der Waals surface area contributed by atoms with Crippen LogP contribution in [-0.2, 0) is 4.79 Å². The van der Waals surface area contributed by atoms with Crippen molar-refractivity contribution < 1.29 is 4.79 Å². The van der Waals surface area contributed by atoms with Gasteiger partial charge in [0.1, 0.15) is 5.82 Å². The van der Waals surface area contributed by atoms with Crippen molar-refractivity contribution in [3.63, 3.8) is 0 Å². The molecular formula is C18H21BrN4O. The second-order valence-corrected chi connectivity index (χ2v) is 7.02. The first kappa shape index (κ1) is 16.9. The van der Waals surface area contributed by atoms with Crippen LogP contribution in [0.2, 0.25) is 0 Å². The third kappa shape index (κ3) is 4.12. The van der Waals surface area contributed by atoms with Crippen molar-refractivity contribution in [2.45, 2.75) is 25.8 Å². The molecule has 0 spiro atoms. The standard InChI is InChI=1S/C18H21BrN4O/c1-13(14-2-4-16(19)5-3-14)22-18(24)15-6-10-23(11-7-15)17-12-20-8-9-21-17/h2-5,8-9,12-13,15H,6-7,10-11H2,1H3,(H,22,24). The van der Waals surface area contributed by atoms with Crippen LogP contribution in [0.5, 0.6) is 0 Å². The molecule has 1 aromatic carbocycles. The number of hydrogen-bond acceptors (Lipinski definition) is 4. The third-order valence-electron chi connectivity index (χ3n) is 4.47. The van der Waals surface area contributed by atoms with Gasteiger partial charge in [-0.2, -0.15) is 0 Å². The molecule has 1 aromatic heterocycles. The fraction of sp³-hybridized carbons (Fsp3) is 0.389. The Morgan fingerprint density at radius 3 is 2.58 bits per heavy atom. The molecular weight excluding hydrogens is 368 g/mol. The van der Waals surface area contributed by atoms with E-state index in [0.717, 1.165) is 41.8 Å². The number of halogens is 1. The Balaban J connectivity index is 1.52. The number of piperidine rings is 1. The van der Waals surface area contributed by atoms with Crippen LogP contribution in [-0.4, -0.2) is 29.0 Å². The largest absolute Gasteiger partial charge is 0.355 e. The lowest BCUT2D eigenvalue weighted by molar-refractivity contribution is -0.126. The van der Waals surface area contributed by atoms with Crippen molar-refractivity contribution in [2.24, 2.45) is 5.92 Å². The molecule has 6 heteroatoms. The van der Waals surface area contributed by atoms with Crippen LogP contribution in [0.3, 0.4) is 0 Å². The second kappa shape index (κ2) is 7.75. The van der Waals surface area contributed by atoms with Gasteiger partial charge in [-0.1, -0.05) is 28.1 Å². The average molecular weight is 389 g/mol. The third-order valence-corrected chi connectivity index (χ3v) is 5.00. The molecule has 2 aromatic rings. The molecule has 0 aliphatic carbocycles. The second-order valence-electron chi connectivity index (χ2n) is 6.11. The maximum absolute atomic E-state index is 12.5. The van der Waals surface area contributed by atoms with Crippen molar-refractivity contribution in [3.8, 4) is 0 Å². The van der Waals surface area contributed by atoms with Crippen LogP contribution in [0.4, 0.5) is 5.82 Å². The van der Waals surface area contributed by atoms with Crippen molar-refractivity contribution in [2.75, 3.05) is 18.0 Å². The van der Waals surface area contributed by atoms with Gasteiger partial charge in [0.2, 0.25) is 5.91 Å². The monoisotopic (exact) mass is 388 g/mol. The van der Waals surface area contributed by atoms with Crippen LogP contribution in [0.15, 0.2) is 47.3 Å². The minimum Gasteiger partial charge on any atom is -0.355 e. The number of amides is 1. The van der Waals surface area contributed by atoms with Gasteiger partial charge in [-0.3, -0.25) is 9.78 Å². The molecule has 2 heterocycles. The van der Waals surface area contributed by atoms with E-state index >= 15 is 0 Å². The van der Waals surface area contributed by atoms with Gasteiger partial charge in [-0.25, -0.2) is 4.98 Å². The molecule has 3 rings (SSSR count). The van der Waals surface area contributed by atoms with Gasteiger partial charge < -0.3 is 10.2 Å². The lowest BCUT2D eigenvalue weighted by Gasteiger charge is -2.32. The Labute approximate surface area is 150 Å². The number of carbonyl (C=O) groups is 1. The van der Waals surface area contributed by atoms with Gasteiger partial charge in [0.25, 0.3) is 0 Å². The summed E-state index contributed by atoms with van der Waals surface area (Å²) >= 11 is 3.43. The number of nitrogens with zero attached hydrogens (tertiary/aromatic N) is 3. The van der Waals surface area contributed by atoms with Gasteiger partial charge in [0.05, 0.1) is 12.2 Å². The molecule has 1 N–H and O–H groups in total. The minimum atomic E-state index is 0.0172. The summed E-state index contributed by atoms with van der Waals surface area (Å²) in [5, 5.41) is 3.14. The fourth-order valence-corrected chi connectivity index (χ4v) is 3.26. The number of rotatable bonds is 4. The summed E-state index contributed by atoms with van der Waals surface area (Å²) in [7, 11) is 0. The van der Waals surface area contributed by atoms with E-state index in [9.17, 15) is 4.79 Å². The number of benzene rings is 1. The number of aromatic nitrogens is 2. The first-order chi connectivity index (χ1) is 11.6. The Bertz CT molecular complexity index is 669. The van der Waals surface area contributed by atoms with E-state index in [0.29, 0.717) is 0 Å². The molecule has 1 unspecified atom stereocenters. The fourth-order valence-electron chi connectivity index (χ4n) is 2.99. The first-order valence-corrected chi connectivity index (χ1v) is 8.99. The zero-order valence-electron chi connectivity index (χ0n) is 13.7. The molecule has 1 aliphatic heterocycles. The first-order valence-electron chi connectivity index (χ1n) is 8.20. The van der Waals surface area contributed by atoms with Gasteiger partial charge in [-0.15, -0.1) is 0 Å². The summed E-state index contributed by atoms with van der Waals surface area (Å²) in [6.07, 6.45) is 6.84. The zero-order valence-corrected chi connectivity index (χ0v) is 15.2. The Kier molecular flexibility index (Phi) is 5.45. The highest BCUT2D eigenvalue weighted by Gasteiger charge is 2.26. The number of nitrogens with one attached hydrogen (secondary N) is 1. The van der Waals surface area contributed by atoms with E-state index in [1.54, 1.807) is 18.6 Å². The minimum absolute atomic E-state index is 0.0172. The molecule has 1 aliphatic rings. The van der Waals surface area contributed by atoms with Gasteiger partial charge in [-0.05, 0) is 37.5 Å². The lowest BCUT2D eigenvalue weighted by atomic mass is 9.95. The molecule has 0 bridgehead atoms. The molecule has 1 amide bonds. The lowest BCUT2D eigenvalue weighted by Crippen LogP contribution is -2.41. The van der Waals surface area contributed by atoms with Crippen molar-refractivity contribution in [3.05, 3.63) is 52.9 Å². The van der Waals surface area contributed by atoms with Crippen LogP contribution in [0.25, 0.3) is 0 Å². The van der Waals surface area contributed by atoms with Crippen molar-refractivity contribution in [1.29, 1.82) is 0 Å². The summed E-state index contributed by atoms with van der Waals surface area (Å²) in [6.45, 7) is 3.70. The summed E-state index contributed by atoms with van der Waals surface area (Å²) in [4.78, 5) is 23.1. The van der Waals surface area contributed by atoms with Gasteiger partial charge in [0.15, 0.2) is 0 Å². The van der Waals surface area contributed by atoms with E-state index in [2.05, 4.69) is 36.1 Å². The molecule has 24 heavy (non-hydrogen) atoms. The van der Waals surface area contributed by atoms with Crippen LogP contribution >= 0.6 is 15.9 Å². The van der Waals surface area contributed by atoms with E-state index in [1.807, 2.05) is 31.2 Å². The summed E-state index contributed by atoms with van der Waals surface area (Å²) < 4.78 is 1.04. The highest BCUT2D eigenvalue weighted by atomic mass is 79.9. The summed E-state index contributed by atoms with van der Waals surface area (Å²) in [5.74, 6) is 1.10. The molecule has 0 saturated carbocycles. The number of hydrogen-bond donors (Lipinski definition) is 1. The molecule has 1 saturated heterocycles. The zero-order chi connectivity index (χ0) is 16.9. The van der Waals surface area contributed by atoms with Crippen LogP contribution < -0.4 is 10.2 Å². The van der Waals surface area contributed by atoms with Crippen LogP contribution in [0.1, 0.15) is 31.4 Å². The van der Waals surface area contributed by atoms with Crippen LogP contribution in [0, 0.1) is 5.92 Å². The maximum Gasteiger partial charge on any atom is 0.223 e. The molecule has 1 fully saturated rings. The Hall–Kier alpha value is -1.95. The predicted octanol–water partition coefficient (Wildman–Crippen LogP) is 3.33. The Morgan fingerprint density at radius 2 is 1.96 bits per heavy atom. The van der Waals surface area contributed by atoms with Crippen molar-refractivity contribution >= 4 is 27.7 Å². The highest BCUT2D eigenvalue weighted by Crippen LogP contribution is 2.23. The number of carbonyl (C=O) groups excluding carboxylic acids is 1. The molecule has 0 radical (unpaired) electrons. The Morgan fingerprint density at radius 1 is 1.25 bits per heavy atom. The molecule has 126 valence electrons.